The van der Waals surface area contributed by atoms with Crippen LogP contribution in [0.2, 0.25) is 0 Å². The fourth-order valence-corrected chi connectivity index (χ4v) is 4.65. The molecule has 3 aromatic rings. The van der Waals surface area contributed by atoms with Crippen LogP contribution in [0.4, 0.5) is 0 Å². The largest absolute Gasteiger partial charge is 0.481 e. The van der Waals surface area contributed by atoms with Crippen molar-refractivity contribution in [1.29, 1.82) is 0 Å². The topological polar surface area (TPSA) is 67.5 Å². The number of fused-ring (bicyclic) bond motifs is 3. The molecule has 5 nitrogen and oxygen atoms in total. The summed E-state index contributed by atoms with van der Waals surface area (Å²) in [6.45, 7) is 2.27. The van der Waals surface area contributed by atoms with Crippen LogP contribution in [0.1, 0.15) is 29.6 Å². The van der Waals surface area contributed by atoms with Gasteiger partial charge in [0.2, 0.25) is 0 Å². The lowest BCUT2D eigenvalue weighted by Crippen LogP contribution is -2.13. The van der Waals surface area contributed by atoms with Gasteiger partial charge in [-0.15, -0.1) is 11.3 Å². The highest BCUT2D eigenvalue weighted by Crippen LogP contribution is 2.36. The lowest BCUT2D eigenvalue weighted by molar-refractivity contribution is -0.136. The highest BCUT2D eigenvalue weighted by Gasteiger charge is 2.26. The Bertz CT molecular complexity index is 882. The SMILES string of the molecule is CC1CCc2c(sc3nc(-c4ccccn4)c(CC(=O)O)n23)C1. The van der Waals surface area contributed by atoms with E-state index in [-0.39, 0.29) is 6.42 Å². The summed E-state index contributed by atoms with van der Waals surface area (Å²) in [5.41, 5.74) is 3.42. The first-order valence-electron chi connectivity index (χ1n) is 7.78. The fraction of sp³-hybridized carbons (Fsp3) is 0.353. The number of aromatic nitrogens is 3. The summed E-state index contributed by atoms with van der Waals surface area (Å²) in [5, 5.41) is 9.34. The number of carboxylic acid groups (broad SMARTS) is 1. The lowest BCUT2D eigenvalue weighted by Gasteiger charge is -2.18. The molecule has 1 N–H and O–H groups in total. The van der Waals surface area contributed by atoms with Crippen molar-refractivity contribution in [2.45, 2.75) is 32.6 Å². The summed E-state index contributed by atoms with van der Waals surface area (Å²) in [4.78, 5) is 22.7. The van der Waals surface area contributed by atoms with Gasteiger partial charge in [0.15, 0.2) is 4.96 Å². The first-order valence-corrected chi connectivity index (χ1v) is 8.60. The van der Waals surface area contributed by atoms with Crippen molar-refractivity contribution in [1.82, 2.24) is 14.4 Å². The zero-order valence-corrected chi connectivity index (χ0v) is 13.6. The van der Waals surface area contributed by atoms with Gasteiger partial charge in [0, 0.05) is 16.8 Å². The molecular formula is C17H17N3O2S. The second-order valence-corrected chi connectivity index (χ2v) is 7.19. The minimum absolute atomic E-state index is 0.0359. The molecule has 1 unspecified atom stereocenters. The molecule has 0 aromatic carbocycles. The van der Waals surface area contributed by atoms with E-state index in [9.17, 15) is 9.90 Å². The molecule has 0 saturated heterocycles. The van der Waals surface area contributed by atoms with E-state index < -0.39 is 5.97 Å². The highest BCUT2D eigenvalue weighted by molar-refractivity contribution is 7.17. The number of hydrogen-bond acceptors (Lipinski definition) is 4. The predicted octanol–water partition coefficient (Wildman–Crippen LogP) is 3.21. The molecule has 1 aliphatic rings. The average Bonchev–Trinajstić information content (AvgIpc) is 3.04. The van der Waals surface area contributed by atoms with Crippen LogP contribution in [0.3, 0.4) is 0 Å². The maximum atomic E-state index is 11.4. The van der Waals surface area contributed by atoms with E-state index in [0.29, 0.717) is 11.6 Å². The third-order valence-corrected chi connectivity index (χ3v) is 5.49. The minimum Gasteiger partial charge on any atom is -0.481 e. The van der Waals surface area contributed by atoms with E-state index in [1.165, 1.54) is 10.6 Å². The standard InChI is InChI=1S/C17H17N3O2S/c1-10-5-6-12-14(8-10)23-17-19-16(11-4-2-3-7-18-11)13(20(12)17)9-15(21)22/h2-4,7,10H,5-6,8-9H2,1H3,(H,21,22). The zero-order valence-electron chi connectivity index (χ0n) is 12.8. The number of carbonyl (C=O) groups is 1. The normalized spacial score (nSPS) is 17.3. The van der Waals surface area contributed by atoms with Crippen LogP contribution in [-0.4, -0.2) is 25.4 Å². The predicted molar refractivity (Wildman–Crippen MR) is 88.8 cm³/mol. The molecule has 0 fully saturated rings. The van der Waals surface area contributed by atoms with E-state index >= 15 is 0 Å². The van der Waals surface area contributed by atoms with Crippen LogP contribution in [0, 0.1) is 5.92 Å². The van der Waals surface area contributed by atoms with Crippen molar-refractivity contribution in [3.8, 4) is 11.4 Å². The Morgan fingerprint density at radius 1 is 1.48 bits per heavy atom. The first kappa shape index (κ1) is 14.4. The molecule has 0 saturated carbocycles. The van der Waals surface area contributed by atoms with E-state index in [1.54, 1.807) is 17.5 Å². The monoisotopic (exact) mass is 327 g/mol. The van der Waals surface area contributed by atoms with Gasteiger partial charge in [0.1, 0.15) is 5.69 Å². The quantitative estimate of drug-likeness (QED) is 0.802. The van der Waals surface area contributed by atoms with Crippen molar-refractivity contribution < 1.29 is 9.90 Å². The molecule has 3 aromatic heterocycles. The van der Waals surface area contributed by atoms with E-state index in [1.807, 2.05) is 18.2 Å². The summed E-state index contributed by atoms with van der Waals surface area (Å²) in [7, 11) is 0. The molecule has 6 heteroatoms. The summed E-state index contributed by atoms with van der Waals surface area (Å²) in [6, 6.07) is 5.63. The van der Waals surface area contributed by atoms with Gasteiger partial charge in [-0.2, -0.15) is 0 Å². The molecule has 4 rings (SSSR count). The first-order chi connectivity index (χ1) is 11.1. The molecule has 0 radical (unpaired) electrons. The Labute approximate surface area is 137 Å². The summed E-state index contributed by atoms with van der Waals surface area (Å²) < 4.78 is 2.07. The van der Waals surface area contributed by atoms with Gasteiger partial charge in [-0.3, -0.25) is 14.2 Å². The third-order valence-electron chi connectivity index (χ3n) is 4.38. The summed E-state index contributed by atoms with van der Waals surface area (Å²) >= 11 is 1.69. The van der Waals surface area contributed by atoms with E-state index in [2.05, 4.69) is 16.3 Å². The summed E-state index contributed by atoms with van der Waals surface area (Å²) in [5.74, 6) is -0.155. The van der Waals surface area contributed by atoms with Crippen molar-refractivity contribution in [2.75, 3.05) is 0 Å². The van der Waals surface area contributed by atoms with Gasteiger partial charge in [0.25, 0.3) is 0 Å². The van der Waals surface area contributed by atoms with Gasteiger partial charge >= 0.3 is 5.97 Å². The van der Waals surface area contributed by atoms with Crippen molar-refractivity contribution in [3.05, 3.63) is 40.7 Å². The molecule has 1 atom stereocenters. The Morgan fingerprint density at radius 2 is 2.35 bits per heavy atom. The second-order valence-electron chi connectivity index (χ2n) is 6.13. The van der Waals surface area contributed by atoms with Crippen LogP contribution < -0.4 is 0 Å². The van der Waals surface area contributed by atoms with E-state index in [4.69, 9.17) is 4.98 Å². The van der Waals surface area contributed by atoms with Crippen molar-refractivity contribution >= 4 is 22.3 Å². The Kier molecular flexibility index (Phi) is 3.41. The molecule has 0 amide bonds. The molecular weight excluding hydrogens is 310 g/mol. The fourth-order valence-electron chi connectivity index (χ4n) is 3.30. The number of hydrogen-bond donors (Lipinski definition) is 1. The number of thiazole rings is 1. The number of imidazole rings is 1. The van der Waals surface area contributed by atoms with Gasteiger partial charge in [-0.1, -0.05) is 13.0 Å². The number of carboxylic acids is 1. The van der Waals surface area contributed by atoms with Gasteiger partial charge in [0.05, 0.1) is 17.8 Å². The molecule has 23 heavy (non-hydrogen) atoms. The Balaban J connectivity index is 1.94. The number of pyridine rings is 1. The maximum Gasteiger partial charge on any atom is 0.309 e. The number of aliphatic carboxylic acids is 1. The van der Waals surface area contributed by atoms with Gasteiger partial charge in [-0.25, -0.2) is 4.98 Å². The molecule has 1 aliphatic carbocycles. The van der Waals surface area contributed by atoms with Crippen LogP contribution in [-0.2, 0) is 24.1 Å². The molecule has 0 bridgehead atoms. The molecule has 118 valence electrons. The van der Waals surface area contributed by atoms with Crippen LogP contribution in [0.5, 0.6) is 0 Å². The lowest BCUT2D eigenvalue weighted by atomic mass is 9.93. The average molecular weight is 327 g/mol. The molecule has 0 spiro atoms. The van der Waals surface area contributed by atoms with Gasteiger partial charge in [-0.05, 0) is 37.3 Å². The summed E-state index contributed by atoms with van der Waals surface area (Å²) in [6.07, 6.45) is 4.87. The highest BCUT2D eigenvalue weighted by atomic mass is 32.1. The second kappa shape index (κ2) is 5.45. The van der Waals surface area contributed by atoms with Crippen LogP contribution in [0.15, 0.2) is 24.4 Å². The van der Waals surface area contributed by atoms with Crippen LogP contribution >= 0.6 is 11.3 Å². The van der Waals surface area contributed by atoms with Gasteiger partial charge < -0.3 is 5.11 Å². The molecule has 3 heterocycles. The Hall–Kier alpha value is -2.21. The molecule has 0 aliphatic heterocycles. The Morgan fingerprint density at radius 3 is 3.09 bits per heavy atom. The van der Waals surface area contributed by atoms with Crippen LogP contribution in [0.25, 0.3) is 16.3 Å². The number of nitrogens with zero attached hydrogens (tertiary/aromatic N) is 3. The van der Waals surface area contributed by atoms with Crippen molar-refractivity contribution in [3.63, 3.8) is 0 Å². The smallest absolute Gasteiger partial charge is 0.309 e. The number of rotatable bonds is 3. The minimum atomic E-state index is -0.840. The zero-order chi connectivity index (χ0) is 16.0. The van der Waals surface area contributed by atoms with Crippen molar-refractivity contribution in [2.24, 2.45) is 5.92 Å². The maximum absolute atomic E-state index is 11.4. The third kappa shape index (κ3) is 2.43. The van der Waals surface area contributed by atoms with E-state index in [0.717, 1.165) is 35.6 Å². The number of aryl methyl sites for hydroxylation is 1.